The summed E-state index contributed by atoms with van der Waals surface area (Å²) in [4.78, 5) is 15.2. The van der Waals surface area contributed by atoms with E-state index >= 15 is 0 Å². The number of aldehydes is 1. The Morgan fingerprint density at radius 2 is 2.00 bits per heavy atom. The molecule has 0 spiro atoms. The molecule has 7 heteroatoms. The standard InChI is InChI=1S/C20H20F3N3O/c1-12(2)26-16-8-13(11-27)10-25-18(16)17(24)14-4-3-5-15(9-14)19(6-7-19)20(21,22)23/h3-5,8-12,24,26H,6-7H2,1-2H3. The molecule has 0 radical (unpaired) electrons. The van der Waals surface area contributed by atoms with Gasteiger partial charge in [-0.15, -0.1) is 0 Å². The molecule has 1 heterocycles. The molecular formula is C20H20F3N3O. The first-order chi connectivity index (χ1) is 12.7. The van der Waals surface area contributed by atoms with Crippen LogP contribution in [0.5, 0.6) is 0 Å². The average Bonchev–Trinajstić information content (AvgIpc) is 3.42. The fourth-order valence-corrected chi connectivity index (χ4v) is 3.14. The Morgan fingerprint density at radius 1 is 1.30 bits per heavy atom. The lowest BCUT2D eigenvalue weighted by Crippen LogP contribution is -2.28. The topological polar surface area (TPSA) is 65.8 Å². The zero-order chi connectivity index (χ0) is 19.8. The summed E-state index contributed by atoms with van der Waals surface area (Å²) in [6.07, 6.45) is -2.15. The highest BCUT2D eigenvalue weighted by Crippen LogP contribution is 2.58. The Hall–Kier alpha value is -2.70. The molecule has 0 saturated heterocycles. The van der Waals surface area contributed by atoms with Crippen molar-refractivity contribution >= 4 is 17.7 Å². The van der Waals surface area contributed by atoms with E-state index in [2.05, 4.69) is 10.3 Å². The van der Waals surface area contributed by atoms with E-state index in [1.165, 1.54) is 18.3 Å². The lowest BCUT2D eigenvalue weighted by molar-refractivity contribution is -0.160. The van der Waals surface area contributed by atoms with Crippen LogP contribution in [-0.4, -0.2) is 29.2 Å². The lowest BCUT2D eigenvalue weighted by Gasteiger charge is -2.20. The van der Waals surface area contributed by atoms with Crippen molar-refractivity contribution in [3.05, 3.63) is 58.9 Å². The SMILES string of the molecule is CC(C)Nc1cc(C=O)cnc1C(=N)c1cccc(C2(C(F)(F)F)CC2)c1. The number of halogens is 3. The molecule has 0 amide bonds. The van der Waals surface area contributed by atoms with Gasteiger partial charge in [0.05, 0.1) is 16.8 Å². The van der Waals surface area contributed by atoms with Crippen molar-refractivity contribution in [1.82, 2.24) is 4.98 Å². The fourth-order valence-electron chi connectivity index (χ4n) is 3.14. The van der Waals surface area contributed by atoms with Crippen molar-refractivity contribution in [1.29, 1.82) is 5.41 Å². The number of carbonyl (C=O) groups excluding carboxylic acids is 1. The Balaban J connectivity index is 2.00. The summed E-state index contributed by atoms with van der Waals surface area (Å²) in [5.74, 6) is 0. The highest BCUT2D eigenvalue weighted by molar-refractivity contribution is 6.13. The maximum atomic E-state index is 13.4. The zero-order valence-corrected chi connectivity index (χ0v) is 15.0. The van der Waals surface area contributed by atoms with Gasteiger partial charge in [-0.25, -0.2) is 0 Å². The van der Waals surface area contributed by atoms with Crippen LogP contribution in [0.4, 0.5) is 18.9 Å². The van der Waals surface area contributed by atoms with Gasteiger partial charge in [0.15, 0.2) is 6.29 Å². The zero-order valence-electron chi connectivity index (χ0n) is 15.0. The van der Waals surface area contributed by atoms with Crippen LogP contribution in [0.15, 0.2) is 36.5 Å². The van der Waals surface area contributed by atoms with Gasteiger partial charge < -0.3 is 5.32 Å². The third-order valence-corrected chi connectivity index (χ3v) is 4.72. The number of nitrogens with zero attached hydrogens (tertiary/aromatic N) is 1. The number of rotatable bonds is 6. The molecule has 1 fully saturated rings. The van der Waals surface area contributed by atoms with Crippen molar-refractivity contribution in [2.45, 2.75) is 44.3 Å². The second-order valence-electron chi connectivity index (χ2n) is 7.12. The number of anilines is 1. The molecule has 1 aromatic carbocycles. The van der Waals surface area contributed by atoms with E-state index in [0.717, 1.165) is 0 Å². The summed E-state index contributed by atoms with van der Waals surface area (Å²) in [5.41, 5.74) is -0.0867. The van der Waals surface area contributed by atoms with E-state index in [1.807, 2.05) is 13.8 Å². The van der Waals surface area contributed by atoms with Crippen molar-refractivity contribution in [3.63, 3.8) is 0 Å². The number of carbonyl (C=O) groups is 1. The molecule has 4 nitrogen and oxygen atoms in total. The number of aromatic nitrogens is 1. The van der Waals surface area contributed by atoms with Crippen LogP contribution in [0, 0.1) is 5.41 Å². The molecule has 142 valence electrons. The lowest BCUT2D eigenvalue weighted by atomic mass is 9.92. The monoisotopic (exact) mass is 375 g/mol. The van der Waals surface area contributed by atoms with Crippen LogP contribution in [0.3, 0.4) is 0 Å². The highest BCUT2D eigenvalue weighted by atomic mass is 19.4. The van der Waals surface area contributed by atoms with Crippen molar-refractivity contribution in [2.75, 3.05) is 5.32 Å². The fraction of sp³-hybridized carbons (Fsp3) is 0.350. The maximum Gasteiger partial charge on any atom is 0.398 e. The first-order valence-corrected chi connectivity index (χ1v) is 8.66. The van der Waals surface area contributed by atoms with Gasteiger partial charge in [0, 0.05) is 23.4 Å². The minimum Gasteiger partial charge on any atom is -0.381 e. The van der Waals surface area contributed by atoms with Crippen LogP contribution in [0.25, 0.3) is 0 Å². The summed E-state index contributed by atoms with van der Waals surface area (Å²) in [7, 11) is 0. The quantitative estimate of drug-likeness (QED) is 0.567. The van der Waals surface area contributed by atoms with Crippen molar-refractivity contribution in [2.24, 2.45) is 0 Å². The third-order valence-electron chi connectivity index (χ3n) is 4.72. The van der Waals surface area contributed by atoms with Gasteiger partial charge in [0.25, 0.3) is 0 Å². The summed E-state index contributed by atoms with van der Waals surface area (Å²) in [6.45, 7) is 3.81. The van der Waals surface area contributed by atoms with Crippen molar-refractivity contribution < 1.29 is 18.0 Å². The number of nitrogens with one attached hydrogen (secondary N) is 2. The number of hydrogen-bond donors (Lipinski definition) is 2. The third kappa shape index (κ3) is 3.59. The van der Waals surface area contributed by atoms with Crippen LogP contribution in [-0.2, 0) is 5.41 Å². The predicted molar refractivity (Wildman–Crippen MR) is 97.7 cm³/mol. The number of pyridine rings is 1. The molecule has 1 aliphatic carbocycles. The van der Waals surface area contributed by atoms with E-state index in [-0.39, 0.29) is 30.2 Å². The van der Waals surface area contributed by atoms with Gasteiger partial charge in [-0.05, 0) is 44.4 Å². The second kappa shape index (κ2) is 6.79. The Morgan fingerprint density at radius 3 is 2.56 bits per heavy atom. The number of alkyl halides is 3. The summed E-state index contributed by atoms with van der Waals surface area (Å²) in [5, 5.41) is 11.6. The molecule has 0 atom stereocenters. The Labute approximate surface area is 155 Å². The van der Waals surface area contributed by atoms with Gasteiger partial charge in [-0.3, -0.25) is 15.2 Å². The second-order valence-corrected chi connectivity index (χ2v) is 7.12. The minimum atomic E-state index is -4.30. The number of benzene rings is 1. The molecule has 27 heavy (non-hydrogen) atoms. The predicted octanol–water partition coefficient (Wildman–Crippen LogP) is 4.72. The molecule has 0 aliphatic heterocycles. The molecule has 1 aromatic heterocycles. The first kappa shape index (κ1) is 19.1. The molecule has 3 rings (SSSR count). The highest BCUT2D eigenvalue weighted by Gasteiger charge is 2.64. The normalized spacial score (nSPS) is 15.5. The molecule has 2 aromatic rings. The van der Waals surface area contributed by atoms with Gasteiger partial charge in [0.2, 0.25) is 0 Å². The molecule has 1 saturated carbocycles. The van der Waals surface area contributed by atoms with E-state index in [4.69, 9.17) is 5.41 Å². The van der Waals surface area contributed by atoms with Gasteiger partial charge in [-0.2, -0.15) is 13.2 Å². The van der Waals surface area contributed by atoms with E-state index < -0.39 is 11.6 Å². The van der Waals surface area contributed by atoms with Crippen LogP contribution >= 0.6 is 0 Å². The van der Waals surface area contributed by atoms with Crippen LogP contribution in [0.1, 0.15) is 53.9 Å². The van der Waals surface area contributed by atoms with Crippen molar-refractivity contribution in [3.8, 4) is 0 Å². The summed E-state index contributed by atoms with van der Waals surface area (Å²) < 4.78 is 40.3. The average molecular weight is 375 g/mol. The Kier molecular flexibility index (Phi) is 4.80. The summed E-state index contributed by atoms with van der Waals surface area (Å²) >= 11 is 0. The minimum absolute atomic E-state index is 0.00965. The molecule has 0 bridgehead atoms. The Bertz CT molecular complexity index is 886. The molecule has 0 unspecified atom stereocenters. The van der Waals surface area contributed by atoms with Crippen LogP contribution < -0.4 is 5.32 Å². The van der Waals surface area contributed by atoms with E-state index in [9.17, 15) is 18.0 Å². The molecule has 2 N–H and O–H groups in total. The summed E-state index contributed by atoms with van der Waals surface area (Å²) in [6, 6.07) is 7.66. The van der Waals surface area contributed by atoms with Gasteiger partial charge >= 0.3 is 6.18 Å². The maximum absolute atomic E-state index is 13.4. The molecular weight excluding hydrogens is 355 g/mol. The van der Waals surface area contributed by atoms with Gasteiger partial charge in [0.1, 0.15) is 5.69 Å². The molecule has 1 aliphatic rings. The first-order valence-electron chi connectivity index (χ1n) is 8.66. The largest absolute Gasteiger partial charge is 0.398 e. The number of hydrogen-bond acceptors (Lipinski definition) is 4. The van der Waals surface area contributed by atoms with E-state index in [0.29, 0.717) is 28.8 Å². The van der Waals surface area contributed by atoms with E-state index in [1.54, 1.807) is 18.2 Å². The van der Waals surface area contributed by atoms with Gasteiger partial charge in [-0.1, -0.05) is 18.2 Å². The van der Waals surface area contributed by atoms with Crippen LogP contribution in [0.2, 0.25) is 0 Å². The smallest absolute Gasteiger partial charge is 0.381 e.